The van der Waals surface area contributed by atoms with Crippen LogP contribution >= 0.6 is 0 Å². The van der Waals surface area contributed by atoms with Crippen LogP contribution in [0.3, 0.4) is 0 Å². The van der Waals surface area contributed by atoms with Crippen molar-refractivity contribution in [1.82, 2.24) is 5.32 Å². The van der Waals surface area contributed by atoms with Crippen molar-refractivity contribution in [3.05, 3.63) is 55.8 Å². The molecule has 1 saturated carbocycles. The van der Waals surface area contributed by atoms with Crippen molar-refractivity contribution < 1.29 is 4.79 Å². The lowest BCUT2D eigenvalue weighted by molar-refractivity contribution is 0.0891. The molecule has 2 aromatic rings. The van der Waals surface area contributed by atoms with Crippen molar-refractivity contribution in [3.63, 3.8) is 0 Å². The van der Waals surface area contributed by atoms with Gasteiger partial charge in [0.1, 0.15) is 11.4 Å². The van der Waals surface area contributed by atoms with Crippen molar-refractivity contribution >= 4 is 17.3 Å². The Kier molecular flexibility index (Phi) is 6.68. The highest BCUT2D eigenvalue weighted by Gasteiger charge is 2.29. The Bertz CT molecular complexity index is 1010. The van der Waals surface area contributed by atoms with Gasteiger partial charge in [-0.2, -0.15) is 0 Å². The molecule has 0 spiro atoms. The zero-order valence-electron chi connectivity index (χ0n) is 19.4. The summed E-state index contributed by atoms with van der Waals surface area (Å²) in [5.74, 6) is 1.76. The van der Waals surface area contributed by atoms with Crippen LogP contribution in [0.2, 0.25) is 0 Å². The Morgan fingerprint density at radius 1 is 0.969 bits per heavy atom. The fraction of sp³-hybridized carbons (Fsp3) is 0.577. The van der Waals surface area contributed by atoms with Gasteiger partial charge in [0.15, 0.2) is 0 Å². The molecule has 2 aliphatic rings. The number of anilines is 2. The Morgan fingerprint density at radius 3 is 2.34 bits per heavy atom. The van der Waals surface area contributed by atoms with E-state index < -0.39 is 5.43 Å². The minimum absolute atomic E-state index is 0.0282. The minimum atomic E-state index is -0.426. The lowest BCUT2D eigenvalue weighted by Crippen LogP contribution is -2.45. The van der Waals surface area contributed by atoms with Gasteiger partial charge in [-0.3, -0.25) is 14.4 Å². The molecular formula is C26H35N3O3. The summed E-state index contributed by atoms with van der Waals surface area (Å²) in [6.07, 6.45) is 5.52. The molecule has 2 N–H and O–H groups in total. The Balaban J connectivity index is 1.35. The summed E-state index contributed by atoms with van der Waals surface area (Å²) < 4.78 is 0. The summed E-state index contributed by atoms with van der Waals surface area (Å²) in [6, 6.07) is 7.71. The number of rotatable bonds is 6. The number of benzene rings is 1. The standard InChI is InChI=1S/C26H35N3O3/c1-16-11-13-29(14-12-16)23-22(24(30)25(23)31)27-15-19-7-9-20(10-8-19)26(32)28-21-6-4-5-17(2)18(21)3/h7-10,16-18,21,27H,4-6,11-15H2,1-3H3,(H,28,32)/t17-,18+,21-/m1/s1. The second-order valence-electron chi connectivity index (χ2n) is 9.95. The molecular weight excluding hydrogens is 402 g/mol. The first-order valence-corrected chi connectivity index (χ1v) is 12.1. The van der Waals surface area contributed by atoms with Crippen LogP contribution in [0.25, 0.3) is 0 Å². The molecule has 32 heavy (non-hydrogen) atoms. The summed E-state index contributed by atoms with van der Waals surface area (Å²) in [6.45, 7) is 8.80. The highest BCUT2D eigenvalue weighted by molar-refractivity contribution is 5.94. The van der Waals surface area contributed by atoms with E-state index in [2.05, 4.69) is 31.4 Å². The fourth-order valence-electron chi connectivity index (χ4n) is 5.08. The molecule has 0 aromatic heterocycles. The van der Waals surface area contributed by atoms with Gasteiger partial charge in [-0.25, -0.2) is 0 Å². The average Bonchev–Trinajstić information content (AvgIpc) is 2.80. The Morgan fingerprint density at radius 2 is 1.66 bits per heavy atom. The first kappa shape index (κ1) is 22.6. The van der Waals surface area contributed by atoms with E-state index in [0.717, 1.165) is 44.3 Å². The molecule has 2 aromatic carbocycles. The third-order valence-electron chi connectivity index (χ3n) is 7.69. The van der Waals surface area contributed by atoms with Crippen LogP contribution in [0.5, 0.6) is 0 Å². The number of hydrogen-bond donors (Lipinski definition) is 2. The largest absolute Gasteiger partial charge is 0.376 e. The van der Waals surface area contributed by atoms with Crippen LogP contribution in [-0.2, 0) is 6.54 Å². The predicted molar refractivity (Wildman–Crippen MR) is 129 cm³/mol. The van der Waals surface area contributed by atoms with E-state index in [0.29, 0.717) is 41.2 Å². The third-order valence-corrected chi connectivity index (χ3v) is 7.69. The molecule has 6 heteroatoms. The zero-order valence-corrected chi connectivity index (χ0v) is 19.4. The first-order valence-electron chi connectivity index (χ1n) is 12.1. The SMILES string of the molecule is CC1CCN(c2c(NCc3ccc(C(=O)N[C@@H]4CCC[C@@H](C)[C@@H]4C)cc3)c(=O)c2=O)CC1. The summed E-state index contributed by atoms with van der Waals surface area (Å²) in [5, 5.41) is 6.38. The van der Waals surface area contributed by atoms with Crippen LogP contribution in [0.15, 0.2) is 33.9 Å². The Labute approximate surface area is 190 Å². The highest BCUT2D eigenvalue weighted by Crippen LogP contribution is 2.30. The lowest BCUT2D eigenvalue weighted by atomic mass is 9.78. The van der Waals surface area contributed by atoms with Crippen LogP contribution in [-0.4, -0.2) is 25.0 Å². The fourth-order valence-corrected chi connectivity index (χ4v) is 5.08. The van der Waals surface area contributed by atoms with E-state index in [-0.39, 0.29) is 17.4 Å². The summed E-state index contributed by atoms with van der Waals surface area (Å²) in [4.78, 5) is 39.0. The number of carbonyl (C=O) groups is 1. The van der Waals surface area contributed by atoms with Gasteiger partial charge in [0.25, 0.3) is 16.8 Å². The number of piperidine rings is 1. The molecule has 1 amide bonds. The summed E-state index contributed by atoms with van der Waals surface area (Å²) in [7, 11) is 0. The molecule has 0 unspecified atom stereocenters. The van der Waals surface area contributed by atoms with Crippen molar-refractivity contribution in [2.24, 2.45) is 17.8 Å². The summed E-state index contributed by atoms with van der Waals surface area (Å²) in [5.41, 5.74) is 1.80. The number of amides is 1. The predicted octanol–water partition coefficient (Wildman–Crippen LogP) is 3.69. The molecule has 1 saturated heterocycles. The van der Waals surface area contributed by atoms with Crippen LogP contribution < -0.4 is 26.4 Å². The van der Waals surface area contributed by atoms with Gasteiger partial charge in [0.2, 0.25) is 0 Å². The van der Waals surface area contributed by atoms with E-state index in [9.17, 15) is 14.4 Å². The van der Waals surface area contributed by atoms with E-state index in [1.54, 1.807) is 0 Å². The number of hydrogen-bond acceptors (Lipinski definition) is 5. The number of carbonyl (C=O) groups excluding carboxylic acids is 1. The van der Waals surface area contributed by atoms with Gasteiger partial charge in [0.05, 0.1) is 0 Å². The normalized spacial score (nSPS) is 24.5. The van der Waals surface area contributed by atoms with E-state index >= 15 is 0 Å². The van der Waals surface area contributed by atoms with E-state index in [4.69, 9.17) is 0 Å². The highest BCUT2D eigenvalue weighted by atomic mass is 16.2. The Hall–Kier alpha value is -2.63. The topological polar surface area (TPSA) is 78.5 Å². The summed E-state index contributed by atoms with van der Waals surface area (Å²) >= 11 is 0. The third kappa shape index (κ3) is 4.59. The molecule has 3 atom stereocenters. The molecule has 0 radical (unpaired) electrons. The lowest BCUT2D eigenvalue weighted by Gasteiger charge is -2.34. The van der Waals surface area contributed by atoms with Crippen molar-refractivity contribution in [3.8, 4) is 0 Å². The van der Waals surface area contributed by atoms with Gasteiger partial charge >= 0.3 is 0 Å². The second-order valence-corrected chi connectivity index (χ2v) is 9.95. The smallest absolute Gasteiger partial charge is 0.253 e. The van der Waals surface area contributed by atoms with Crippen LogP contribution in [0.4, 0.5) is 11.4 Å². The monoisotopic (exact) mass is 437 g/mol. The molecule has 0 bridgehead atoms. The van der Waals surface area contributed by atoms with Crippen molar-refractivity contribution in [2.75, 3.05) is 23.3 Å². The zero-order chi connectivity index (χ0) is 22.8. The molecule has 4 rings (SSSR count). The molecule has 1 aliphatic carbocycles. The number of nitrogens with one attached hydrogen (secondary N) is 2. The number of nitrogens with zero attached hydrogens (tertiary/aromatic N) is 1. The maximum atomic E-state index is 12.7. The quantitative estimate of drug-likeness (QED) is 0.674. The van der Waals surface area contributed by atoms with Gasteiger partial charge in [0, 0.05) is 31.2 Å². The van der Waals surface area contributed by atoms with Gasteiger partial charge in [-0.15, -0.1) is 0 Å². The molecule has 2 fully saturated rings. The van der Waals surface area contributed by atoms with Gasteiger partial charge in [-0.1, -0.05) is 45.7 Å². The van der Waals surface area contributed by atoms with E-state index in [1.807, 2.05) is 29.2 Å². The first-order chi connectivity index (χ1) is 15.3. The second kappa shape index (κ2) is 9.47. The van der Waals surface area contributed by atoms with Gasteiger partial charge < -0.3 is 15.5 Å². The van der Waals surface area contributed by atoms with E-state index in [1.165, 1.54) is 6.42 Å². The van der Waals surface area contributed by atoms with Gasteiger partial charge in [-0.05, 0) is 54.7 Å². The van der Waals surface area contributed by atoms with Crippen LogP contribution in [0, 0.1) is 17.8 Å². The van der Waals surface area contributed by atoms with Crippen molar-refractivity contribution in [2.45, 2.75) is 65.5 Å². The molecule has 1 heterocycles. The maximum Gasteiger partial charge on any atom is 0.253 e. The molecule has 172 valence electrons. The minimum Gasteiger partial charge on any atom is -0.376 e. The average molecular weight is 438 g/mol. The molecule has 6 nitrogen and oxygen atoms in total. The maximum absolute atomic E-state index is 12.7. The van der Waals surface area contributed by atoms with Crippen LogP contribution in [0.1, 0.15) is 68.8 Å². The van der Waals surface area contributed by atoms with Crippen molar-refractivity contribution in [1.29, 1.82) is 0 Å². The molecule has 1 aliphatic heterocycles.